The molecule has 1 saturated heterocycles. The molecule has 8 nitrogen and oxygen atoms in total. The largest absolute Gasteiger partial charge is 0.492 e. The van der Waals surface area contributed by atoms with E-state index in [1.54, 1.807) is 7.11 Å². The fraction of sp³-hybridized carbons (Fsp3) is 0.375. The lowest BCUT2D eigenvalue weighted by molar-refractivity contribution is -0.122. The Labute approximate surface area is 138 Å². The van der Waals surface area contributed by atoms with E-state index in [0.29, 0.717) is 30.2 Å². The molecule has 2 aromatic rings. The Hall–Kier alpha value is -2.74. The summed E-state index contributed by atoms with van der Waals surface area (Å²) in [5.74, 6) is 0.834. The summed E-state index contributed by atoms with van der Waals surface area (Å²) in [7, 11) is 1.55. The molecule has 1 fully saturated rings. The number of carbonyl (C=O) groups is 2. The highest BCUT2D eigenvalue weighted by Gasteiger charge is 2.23. The normalized spacial score (nSPS) is 17.9. The number of methoxy groups -OCH3 is 1. The minimum atomic E-state index is -0.718. The van der Waals surface area contributed by atoms with Gasteiger partial charge in [0.25, 0.3) is 0 Å². The molecule has 1 aliphatic rings. The molecule has 24 heavy (non-hydrogen) atoms. The Morgan fingerprint density at radius 2 is 2.25 bits per heavy atom. The maximum absolute atomic E-state index is 12.0. The van der Waals surface area contributed by atoms with Gasteiger partial charge in [0.2, 0.25) is 5.91 Å². The van der Waals surface area contributed by atoms with Gasteiger partial charge in [-0.1, -0.05) is 12.1 Å². The molecule has 0 aliphatic carbocycles. The number of urea groups is 1. The highest BCUT2D eigenvalue weighted by atomic mass is 16.5. The lowest BCUT2D eigenvalue weighted by Crippen LogP contribution is -2.50. The summed E-state index contributed by atoms with van der Waals surface area (Å²) in [5, 5.41) is 8.75. The van der Waals surface area contributed by atoms with Crippen LogP contribution in [0.25, 0.3) is 11.0 Å². The average molecular weight is 333 g/mol. The molecule has 2 heterocycles. The van der Waals surface area contributed by atoms with Crippen LogP contribution in [0.15, 0.2) is 28.7 Å². The first-order chi connectivity index (χ1) is 11.7. The molecule has 1 atom stereocenters. The first-order valence-corrected chi connectivity index (χ1v) is 7.63. The number of amides is 3. The highest BCUT2D eigenvalue weighted by molar-refractivity contribution is 5.88. The molecular weight excluding hydrogens is 314 g/mol. The van der Waals surface area contributed by atoms with Gasteiger partial charge in [-0.05, 0) is 12.1 Å². The number of furan rings is 1. The molecule has 0 radical (unpaired) electrons. The summed E-state index contributed by atoms with van der Waals surface area (Å²) in [6.45, 7) is 1.16. The number of carbonyl (C=O) groups excluding carboxylic acids is 2. The highest BCUT2D eigenvalue weighted by Crippen LogP contribution is 2.32. The number of rotatable bonds is 4. The van der Waals surface area contributed by atoms with Crippen LogP contribution < -0.4 is 20.7 Å². The van der Waals surface area contributed by atoms with Gasteiger partial charge in [-0.2, -0.15) is 0 Å². The van der Waals surface area contributed by atoms with E-state index in [1.165, 1.54) is 0 Å². The molecule has 1 unspecified atom stereocenters. The van der Waals surface area contributed by atoms with Gasteiger partial charge in [-0.15, -0.1) is 0 Å². The molecular formula is C16H19N3O5. The quantitative estimate of drug-likeness (QED) is 0.766. The van der Waals surface area contributed by atoms with Gasteiger partial charge in [0, 0.05) is 6.54 Å². The van der Waals surface area contributed by atoms with Crippen molar-refractivity contribution >= 4 is 22.9 Å². The second-order valence-electron chi connectivity index (χ2n) is 5.30. The summed E-state index contributed by atoms with van der Waals surface area (Å²) in [4.78, 5) is 23.8. The third-order valence-corrected chi connectivity index (χ3v) is 3.68. The van der Waals surface area contributed by atoms with Crippen molar-refractivity contribution in [2.75, 3.05) is 26.9 Å². The summed E-state index contributed by atoms with van der Waals surface area (Å²) in [6.07, 6.45) is 0. The Morgan fingerprint density at radius 1 is 1.42 bits per heavy atom. The van der Waals surface area contributed by atoms with E-state index in [2.05, 4.69) is 16.0 Å². The van der Waals surface area contributed by atoms with E-state index in [-0.39, 0.29) is 19.1 Å². The molecule has 1 aromatic heterocycles. The van der Waals surface area contributed by atoms with Crippen LogP contribution in [-0.4, -0.2) is 44.8 Å². The average Bonchev–Trinajstić information content (AvgIpc) is 2.83. The Balaban J connectivity index is 1.63. The smallest absolute Gasteiger partial charge is 0.315 e. The van der Waals surface area contributed by atoms with Crippen LogP contribution in [0.3, 0.4) is 0 Å². The fourth-order valence-electron chi connectivity index (χ4n) is 2.54. The fourth-order valence-corrected chi connectivity index (χ4v) is 2.54. The number of nitrogens with one attached hydrogen (secondary N) is 3. The molecule has 1 aliphatic heterocycles. The molecule has 1 aromatic carbocycles. The van der Waals surface area contributed by atoms with Crippen LogP contribution in [0.4, 0.5) is 4.79 Å². The van der Waals surface area contributed by atoms with Crippen molar-refractivity contribution < 1.29 is 23.5 Å². The second kappa shape index (κ2) is 7.22. The number of para-hydroxylation sites is 1. The van der Waals surface area contributed by atoms with Crippen LogP contribution in [0.5, 0.6) is 5.75 Å². The van der Waals surface area contributed by atoms with E-state index >= 15 is 0 Å². The lowest BCUT2D eigenvalue weighted by Gasteiger charge is -2.15. The molecule has 0 spiro atoms. The maximum Gasteiger partial charge on any atom is 0.315 e. The zero-order chi connectivity index (χ0) is 16.9. The molecule has 3 amide bonds. The number of fused-ring (bicyclic) bond motifs is 1. The van der Waals surface area contributed by atoms with Crippen LogP contribution >= 0.6 is 0 Å². The van der Waals surface area contributed by atoms with Crippen molar-refractivity contribution in [3.8, 4) is 5.75 Å². The first kappa shape index (κ1) is 16.1. The molecule has 3 N–H and O–H groups in total. The zero-order valence-electron chi connectivity index (χ0n) is 13.3. The van der Waals surface area contributed by atoms with Gasteiger partial charge in [0.1, 0.15) is 11.6 Å². The van der Waals surface area contributed by atoms with Gasteiger partial charge < -0.3 is 29.8 Å². The van der Waals surface area contributed by atoms with E-state index in [4.69, 9.17) is 13.9 Å². The van der Waals surface area contributed by atoms with E-state index in [9.17, 15) is 9.59 Å². The number of ether oxygens (including phenoxy) is 2. The first-order valence-electron chi connectivity index (χ1n) is 7.63. The van der Waals surface area contributed by atoms with Crippen molar-refractivity contribution in [3.05, 3.63) is 30.0 Å². The summed E-state index contributed by atoms with van der Waals surface area (Å²) >= 11 is 0. The van der Waals surface area contributed by atoms with E-state index in [0.717, 1.165) is 5.39 Å². The van der Waals surface area contributed by atoms with Crippen molar-refractivity contribution in [2.24, 2.45) is 0 Å². The molecule has 0 bridgehead atoms. The van der Waals surface area contributed by atoms with Gasteiger partial charge in [-0.25, -0.2) is 4.79 Å². The second-order valence-corrected chi connectivity index (χ2v) is 5.30. The predicted molar refractivity (Wildman–Crippen MR) is 85.8 cm³/mol. The molecule has 128 valence electrons. The standard InChI is InChI=1S/C16H19N3O5/c1-22-14-10-4-2-3-5-12(10)24-13(14)8-18-16(21)19-11-9-23-7-6-17-15(11)20/h2-5,11H,6-9H2,1H3,(H,17,20)(H2,18,19,21). The number of hydrogen-bond donors (Lipinski definition) is 3. The number of hydrogen-bond acceptors (Lipinski definition) is 5. The van der Waals surface area contributed by atoms with Gasteiger partial charge in [0.05, 0.1) is 32.3 Å². The van der Waals surface area contributed by atoms with Crippen LogP contribution in [0, 0.1) is 0 Å². The molecule has 3 rings (SSSR count). The van der Waals surface area contributed by atoms with Crippen LogP contribution in [0.1, 0.15) is 5.76 Å². The Bertz CT molecular complexity index is 742. The van der Waals surface area contributed by atoms with Crippen molar-refractivity contribution in [2.45, 2.75) is 12.6 Å². The van der Waals surface area contributed by atoms with Crippen molar-refractivity contribution in [1.29, 1.82) is 0 Å². The Morgan fingerprint density at radius 3 is 3.08 bits per heavy atom. The van der Waals surface area contributed by atoms with E-state index < -0.39 is 12.1 Å². The molecule has 0 saturated carbocycles. The Kier molecular flexibility index (Phi) is 4.85. The van der Waals surface area contributed by atoms with Gasteiger partial charge >= 0.3 is 6.03 Å². The summed E-state index contributed by atoms with van der Waals surface area (Å²) < 4.78 is 16.3. The topological polar surface area (TPSA) is 102 Å². The summed E-state index contributed by atoms with van der Waals surface area (Å²) in [5.41, 5.74) is 0.683. The minimum absolute atomic E-state index is 0.138. The summed E-state index contributed by atoms with van der Waals surface area (Å²) in [6, 6.07) is 6.26. The monoisotopic (exact) mass is 333 g/mol. The predicted octanol–water partition coefficient (Wildman–Crippen LogP) is 0.756. The van der Waals surface area contributed by atoms with Crippen molar-refractivity contribution in [3.63, 3.8) is 0 Å². The minimum Gasteiger partial charge on any atom is -0.492 e. The number of benzene rings is 1. The molecule has 8 heteroatoms. The maximum atomic E-state index is 12.0. The van der Waals surface area contributed by atoms with Crippen LogP contribution in [-0.2, 0) is 16.1 Å². The lowest BCUT2D eigenvalue weighted by atomic mass is 10.2. The van der Waals surface area contributed by atoms with Gasteiger partial charge in [-0.3, -0.25) is 4.79 Å². The van der Waals surface area contributed by atoms with Gasteiger partial charge in [0.15, 0.2) is 11.5 Å². The van der Waals surface area contributed by atoms with Crippen molar-refractivity contribution in [1.82, 2.24) is 16.0 Å². The zero-order valence-corrected chi connectivity index (χ0v) is 13.3. The SMILES string of the molecule is COc1c(CNC(=O)NC2COCCNC2=O)oc2ccccc12. The van der Waals surface area contributed by atoms with E-state index in [1.807, 2.05) is 24.3 Å². The third kappa shape index (κ3) is 3.43. The van der Waals surface area contributed by atoms with Crippen LogP contribution in [0.2, 0.25) is 0 Å². The third-order valence-electron chi connectivity index (χ3n) is 3.68.